The summed E-state index contributed by atoms with van der Waals surface area (Å²) in [5, 5.41) is 11.6. The lowest BCUT2D eigenvalue weighted by Crippen LogP contribution is -2.26. The molecule has 0 aliphatic carbocycles. The SMILES string of the molecule is O=C(NO)c1ccc(CCNC(=O)c2ccccc2-c2ccccc2)cc1. The minimum absolute atomic E-state index is 0.120. The number of hydrogen-bond donors (Lipinski definition) is 3. The van der Waals surface area contributed by atoms with Gasteiger partial charge < -0.3 is 5.32 Å². The molecule has 0 bridgehead atoms. The second kappa shape index (κ2) is 8.78. The molecule has 0 unspecified atom stereocenters. The molecule has 0 spiro atoms. The normalized spacial score (nSPS) is 10.3. The predicted octanol–water partition coefficient (Wildman–Crippen LogP) is 3.45. The van der Waals surface area contributed by atoms with E-state index >= 15 is 0 Å². The van der Waals surface area contributed by atoms with Crippen molar-refractivity contribution >= 4 is 11.8 Å². The summed E-state index contributed by atoms with van der Waals surface area (Å²) < 4.78 is 0. The molecule has 0 aromatic heterocycles. The van der Waals surface area contributed by atoms with Gasteiger partial charge in [0.25, 0.3) is 11.8 Å². The van der Waals surface area contributed by atoms with Gasteiger partial charge in [0.15, 0.2) is 0 Å². The summed E-state index contributed by atoms with van der Waals surface area (Å²) in [4.78, 5) is 23.9. The van der Waals surface area contributed by atoms with Crippen LogP contribution >= 0.6 is 0 Å². The molecule has 3 N–H and O–H groups in total. The first-order valence-electron chi connectivity index (χ1n) is 8.65. The lowest BCUT2D eigenvalue weighted by molar-refractivity contribution is 0.0706. The maximum absolute atomic E-state index is 12.6. The summed E-state index contributed by atoms with van der Waals surface area (Å²) in [5.41, 5.74) is 5.50. The van der Waals surface area contributed by atoms with Gasteiger partial charge in [0.05, 0.1) is 0 Å². The van der Waals surface area contributed by atoms with Crippen LogP contribution in [-0.4, -0.2) is 23.6 Å². The van der Waals surface area contributed by atoms with Crippen molar-refractivity contribution in [3.8, 4) is 11.1 Å². The Morgan fingerprint density at radius 2 is 1.44 bits per heavy atom. The first-order valence-corrected chi connectivity index (χ1v) is 8.65. The molecule has 0 aliphatic heterocycles. The number of hydrogen-bond acceptors (Lipinski definition) is 3. The van der Waals surface area contributed by atoms with Gasteiger partial charge in [0.1, 0.15) is 0 Å². The lowest BCUT2D eigenvalue weighted by Gasteiger charge is -2.10. The van der Waals surface area contributed by atoms with Gasteiger partial charge in [-0.05, 0) is 41.3 Å². The fourth-order valence-corrected chi connectivity index (χ4v) is 2.85. The van der Waals surface area contributed by atoms with Crippen molar-refractivity contribution in [1.82, 2.24) is 10.8 Å². The Balaban J connectivity index is 1.63. The van der Waals surface area contributed by atoms with Crippen LogP contribution in [0, 0.1) is 0 Å². The van der Waals surface area contributed by atoms with Crippen LogP contribution in [-0.2, 0) is 6.42 Å². The number of carbonyl (C=O) groups excluding carboxylic acids is 2. The predicted molar refractivity (Wildman–Crippen MR) is 104 cm³/mol. The average molecular weight is 360 g/mol. The van der Waals surface area contributed by atoms with E-state index < -0.39 is 5.91 Å². The molecule has 3 aromatic carbocycles. The molecule has 0 saturated carbocycles. The Morgan fingerprint density at radius 3 is 2.15 bits per heavy atom. The van der Waals surface area contributed by atoms with Crippen LogP contribution < -0.4 is 10.8 Å². The van der Waals surface area contributed by atoms with Crippen LogP contribution in [0.2, 0.25) is 0 Å². The summed E-state index contributed by atoms with van der Waals surface area (Å²) in [7, 11) is 0. The number of benzene rings is 3. The van der Waals surface area contributed by atoms with Gasteiger partial charge in [-0.3, -0.25) is 14.8 Å². The molecule has 0 atom stereocenters. The average Bonchev–Trinajstić information content (AvgIpc) is 2.74. The number of amides is 2. The van der Waals surface area contributed by atoms with Crippen LogP contribution in [0.25, 0.3) is 11.1 Å². The van der Waals surface area contributed by atoms with Gasteiger partial charge in [0, 0.05) is 17.7 Å². The van der Waals surface area contributed by atoms with Crippen LogP contribution in [0.4, 0.5) is 0 Å². The standard InChI is InChI=1S/C22H20N2O3/c25-21(24-27)18-12-10-16(11-13-18)14-15-23-22(26)20-9-5-4-8-19(20)17-6-2-1-3-7-17/h1-13,27H,14-15H2,(H,23,26)(H,24,25). The van der Waals surface area contributed by atoms with E-state index in [-0.39, 0.29) is 5.91 Å². The zero-order valence-electron chi connectivity index (χ0n) is 14.7. The van der Waals surface area contributed by atoms with Crippen molar-refractivity contribution in [3.63, 3.8) is 0 Å². The Hall–Kier alpha value is -3.44. The summed E-state index contributed by atoms with van der Waals surface area (Å²) in [6.45, 7) is 0.480. The second-order valence-corrected chi connectivity index (χ2v) is 6.06. The topological polar surface area (TPSA) is 78.4 Å². The molecule has 0 saturated heterocycles. The zero-order valence-corrected chi connectivity index (χ0v) is 14.7. The molecule has 136 valence electrons. The fraction of sp³-hybridized carbons (Fsp3) is 0.0909. The van der Waals surface area contributed by atoms with E-state index in [2.05, 4.69) is 5.32 Å². The first-order chi connectivity index (χ1) is 13.2. The number of nitrogens with one attached hydrogen (secondary N) is 2. The second-order valence-electron chi connectivity index (χ2n) is 6.06. The van der Waals surface area contributed by atoms with Crippen LogP contribution in [0.3, 0.4) is 0 Å². The molecule has 0 radical (unpaired) electrons. The van der Waals surface area contributed by atoms with E-state index in [9.17, 15) is 9.59 Å². The van der Waals surface area contributed by atoms with Gasteiger partial charge in [0.2, 0.25) is 0 Å². The van der Waals surface area contributed by atoms with E-state index in [0.29, 0.717) is 24.1 Å². The Bertz CT molecular complexity index is 922. The smallest absolute Gasteiger partial charge is 0.274 e. The van der Waals surface area contributed by atoms with Gasteiger partial charge in [-0.15, -0.1) is 0 Å². The van der Waals surface area contributed by atoms with Crippen LogP contribution in [0.5, 0.6) is 0 Å². The van der Waals surface area contributed by atoms with Crippen molar-refractivity contribution in [2.45, 2.75) is 6.42 Å². The van der Waals surface area contributed by atoms with Gasteiger partial charge in [-0.1, -0.05) is 60.7 Å². The number of hydroxylamine groups is 1. The molecule has 0 aliphatic rings. The molecule has 5 nitrogen and oxygen atoms in total. The third-order valence-electron chi connectivity index (χ3n) is 4.27. The van der Waals surface area contributed by atoms with Crippen LogP contribution in [0.1, 0.15) is 26.3 Å². The summed E-state index contributed by atoms with van der Waals surface area (Å²) in [6, 6.07) is 24.2. The first kappa shape index (κ1) is 18.4. The monoisotopic (exact) mass is 360 g/mol. The van der Waals surface area contributed by atoms with Crippen molar-refractivity contribution in [3.05, 3.63) is 95.6 Å². The van der Waals surface area contributed by atoms with Crippen molar-refractivity contribution < 1.29 is 14.8 Å². The van der Waals surface area contributed by atoms with Gasteiger partial charge >= 0.3 is 0 Å². The van der Waals surface area contributed by atoms with E-state index in [4.69, 9.17) is 5.21 Å². The Morgan fingerprint density at radius 1 is 0.778 bits per heavy atom. The zero-order chi connectivity index (χ0) is 19.1. The quantitative estimate of drug-likeness (QED) is 0.465. The molecule has 27 heavy (non-hydrogen) atoms. The highest BCUT2D eigenvalue weighted by molar-refractivity contribution is 6.00. The molecule has 2 amide bonds. The minimum Gasteiger partial charge on any atom is -0.352 e. The highest BCUT2D eigenvalue weighted by Gasteiger charge is 2.11. The molecular weight excluding hydrogens is 340 g/mol. The maximum Gasteiger partial charge on any atom is 0.274 e. The van der Waals surface area contributed by atoms with Crippen molar-refractivity contribution in [2.75, 3.05) is 6.54 Å². The lowest BCUT2D eigenvalue weighted by atomic mass is 9.99. The number of carbonyl (C=O) groups is 2. The molecule has 0 fully saturated rings. The summed E-state index contributed by atoms with van der Waals surface area (Å²) in [5.74, 6) is -0.668. The van der Waals surface area contributed by atoms with E-state index in [1.54, 1.807) is 29.7 Å². The van der Waals surface area contributed by atoms with Crippen molar-refractivity contribution in [1.29, 1.82) is 0 Å². The van der Waals surface area contributed by atoms with E-state index in [1.807, 2.05) is 54.6 Å². The van der Waals surface area contributed by atoms with Gasteiger partial charge in [-0.25, -0.2) is 5.48 Å². The Kier molecular flexibility index (Phi) is 5.97. The van der Waals surface area contributed by atoms with Crippen LogP contribution in [0.15, 0.2) is 78.9 Å². The third kappa shape index (κ3) is 4.59. The third-order valence-corrected chi connectivity index (χ3v) is 4.27. The highest BCUT2D eigenvalue weighted by Crippen LogP contribution is 2.23. The van der Waals surface area contributed by atoms with Gasteiger partial charge in [-0.2, -0.15) is 0 Å². The summed E-state index contributed by atoms with van der Waals surface area (Å²) in [6.07, 6.45) is 0.639. The largest absolute Gasteiger partial charge is 0.352 e. The Labute approximate surface area is 157 Å². The molecule has 0 heterocycles. The highest BCUT2D eigenvalue weighted by atomic mass is 16.5. The molecule has 5 heteroatoms. The number of rotatable bonds is 6. The maximum atomic E-state index is 12.6. The molecular formula is C22H20N2O3. The summed E-state index contributed by atoms with van der Waals surface area (Å²) >= 11 is 0. The molecule has 3 rings (SSSR count). The molecule has 3 aromatic rings. The van der Waals surface area contributed by atoms with E-state index in [1.165, 1.54) is 0 Å². The minimum atomic E-state index is -0.549. The fourth-order valence-electron chi connectivity index (χ4n) is 2.85. The van der Waals surface area contributed by atoms with Crippen molar-refractivity contribution in [2.24, 2.45) is 0 Å². The van der Waals surface area contributed by atoms with E-state index in [0.717, 1.165) is 16.7 Å².